The van der Waals surface area contributed by atoms with Gasteiger partial charge >= 0.3 is 5.89 Å². The molecule has 24 heavy (non-hydrogen) atoms. The van der Waals surface area contributed by atoms with Crippen molar-refractivity contribution >= 4 is 21.2 Å². The van der Waals surface area contributed by atoms with Gasteiger partial charge in [0.1, 0.15) is 15.9 Å². The Bertz CT molecular complexity index is 961. The third-order valence-electron chi connectivity index (χ3n) is 4.16. The van der Waals surface area contributed by atoms with Crippen LogP contribution < -0.4 is 4.57 Å². The van der Waals surface area contributed by atoms with Gasteiger partial charge < -0.3 is 8.97 Å². The zero-order chi connectivity index (χ0) is 17.3. The van der Waals surface area contributed by atoms with Crippen molar-refractivity contribution in [2.75, 3.05) is 5.75 Å². The third-order valence-corrected chi connectivity index (χ3v) is 4.95. The summed E-state index contributed by atoms with van der Waals surface area (Å²) >= 11 is 0. The zero-order valence-corrected chi connectivity index (χ0v) is 14.4. The van der Waals surface area contributed by atoms with E-state index >= 15 is 0 Å². The molecule has 0 amide bonds. The molecule has 0 aliphatic heterocycles. The first-order valence-corrected chi connectivity index (χ1v) is 9.40. The Morgan fingerprint density at radius 1 is 1.12 bits per heavy atom. The van der Waals surface area contributed by atoms with Gasteiger partial charge in [-0.05, 0) is 17.2 Å². The molecule has 0 saturated carbocycles. The fourth-order valence-corrected chi connectivity index (χ4v) is 3.90. The highest BCUT2D eigenvalue weighted by Gasteiger charge is 2.29. The summed E-state index contributed by atoms with van der Waals surface area (Å²) in [6, 6.07) is 15.3. The molecule has 1 atom stereocenters. The molecule has 5 nitrogen and oxygen atoms in total. The first-order valence-electron chi connectivity index (χ1n) is 7.82. The molecule has 3 aromatic rings. The van der Waals surface area contributed by atoms with Crippen molar-refractivity contribution in [2.45, 2.75) is 26.3 Å². The SMILES string of the molecule is CCC(CS(=O)(=O)[O-])[n+]1c(C)oc2ccc(-c3ccccc3)cc21. The topological polar surface area (TPSA) is 74.2 Å². The van der Waals surface area contributed by atoms with E-state index in [1.807, 2.05) is 60.0 Å². The van der Waals surface area contributed by atoms with Crippen molar-refractivity contribution in [3.8, 4) is 11.1 Å². The maximum absolute atomic E-state index is 11.2. The van der Waals surface area contributed by atoms with Crippen LogP contribution >= 0.6 is 0 Å². The molecule has 0 bridgehead atoms. The lowest BCUT2D eigenvalue weighted by Gasteiger charge is -2.12. The predicted molar refractivity (Wildman–Crippen MR) is 90.5 cm³/mol. The van der Waals surface area contributed by atoms with E-state index in [4.69, 9.17) is 4.42 Å². The van der Waals surface area contributed by atoms with Gasteiger partial charge in [0.2, 0.25) is 5.58 Å². The summed E-state index contributed by atoms with van der Waals surface area (Å²) in [7, 11) is -4.32. The lowest BCUT2D eigenvalue weighted by Crippen LogP contribution is -2.44. The molecule has 0 radical (unpaired) electrons. The Hall–Kier alpha value is -2.18. The number of aromatic nitrogens is 1. The molecule has 2 aromatic carbocycles. The van der Waals surface area contributed by atoms with Crippen molar-refractivity contribution in [1.29, 1.82) is 0 Å². The molecular weight excluding hydrogens is 326 g/mol. The first kappa shape index (κ1) is 16.7. The minimum absolute atomic E-state index is 0.445. The van der Waals surface area contributed by atoms with Gasteiger partial charge in [-0.2, -0.15) is 4.57 Å². The van der Waals surface area contributed by atoms with E-state index in [1.54, 1.807) is 6.92 Å². The lowest BCUT2D eigenvalue weighted by molar-refractivity contribution is -0.704. The largest absolute Gasteiger partial charge is 0.748 e. The molecule has 0 spiro atoms. The Labute approximate surface area is 141 Å². The standard InChI is InChI=1S/C18H19NO4S/c1-3-16(12-24(20,21)22)19-13(2)23-18-10-9-15(11-17(18)19)14-7-5-4-6-8-14/h4-11,16H,3,12H2,1-2H3. The number of fused-ring (bicyclic) bond motifs is 1. The molecule has 1 unspecified atom stereocenters. The van der Waals surface area contributed by atoms with Crippen LogP contribution in [0.1, 0.15) is 25.3 Å². The molecule has 0 aliphatic rings. The van der Waals surface area contributed by atoms with Crippen LogP contribution in [-0.2, 0) is 10.1 Å². The minimum atomic E-state index is -4.32. The Balaban J connectivity index is 2.15. The number of benzene rings is 2. The van der Waals surface area contributed by atoms with Gasteiger partial charge in [0.15, 0.2) is 6.04 Å². The van der Waals surface area contributed by atoms with Crippen LogP contribution in [0.15, 0.2) is 52.9 Å². The second-order valence-corrected chi connectivity index (χ2v) is 7.27. The van der Waals surface area contributed by atoms with Crippen LogP contribution in [0.4, 0.5) is 0 Å². The summed E-state index contributed by atoms with van der Waals surface area (Å²) in [5, 5.41) is 0. The van der Waals surface area contributed by atoms with Crippen molar-refractivity contribution in [3.63, 3.8) is 0 Å². The van der Waals surface area contributed by atoms with E-state index in [9.17, 15) is 13.0 Å². The zero-order valence-electron chi connectivity index (χ0n) is 13.6. The van der Waals surface area contributed by atoms with Crippen molar-refractivity contribution < 1.29 is 22.0 Å². The monoisotopic (exact) mass is 345 g/mol. The lowest BCUT2D eigenvalue weighted by atomic mass is 10.1. The number of hydrogen-bond donors (Lipinski definition) is 0. The average Bonchev–Trinajstić information content (AvgIpc) is 2.87. The highest BCUT2D eigenvalue weighted by atomic mass is 32.2. The van der Waals surface area contributed by atoms with Gasteiger partial charge in [0, 0.05) is 12.5 Å². The second kappa shape index (κ2) is 6.37. The van der Waals surface area contributed by atoms with Gasteiger partial charge in [0.05, 0.1) is 6.92 Å². The van der Waals surface area contributed by atoms with Crippen molar-refractivity contribution in [2.24, 2.45) is 0 Å². The quantitative estimate of drug-likeness (QED) is 0.526. The van der Waals surface area contributed by atoms with Gasteiger partial charge in [-0.15, -0.1) is 0 Å². The molecule has 1 heterocycles. The van der Waals surface area contributed by atoms with E-state index in [2.05, 4.69) is 0 Å². The molecular formula is C18H19NO4S. The van der Waals surface area contributed by atoms with Crippen LogP contribution in [0.3, 0.4) is 0 Å². The van der Waals surface area contributed by atoms with Crippen molar-refractivity contribution in [3.05, 3.63) is 54.4 Å². The van der Waals surface area contributed by atoms with Crippen LogP contribution in [0, 0.1) is 6.92 Å². The molecule has 0 aliphatic carbocycles. The predicted octanol–water partition coefficient (Wildman–Crippen LogP) is 3.19. The second-order valence-electron chi connectivity index (χ2n) is 5.83. The fourth-order valence-electron chi connectivity index (χ4n) is 3.04. The minimum Gasteiger partial charge on any atom is -0.748 e. The summed E-state index contributed by atoms with van der Waals surface area (Å²) in [6.45, 7) is 3.64. The number of nitrogens with zero attached hydrogens (tertiary/aromatic N) is 1. The van der Waals surface area contributed by atoms with Crippen LogP contribution in [0.25, 0.3) is 22.2 Å². The van der Waals surface area contributed by atoms with Gasteiger partial charge in [-0.1, -0.05) is 43.3 Å². The Morgan fingerprint density at radius 3 is 2.46 bits per heavy atom. The van der Waals surface area contributed by atoms with E-state index < -0.39 is 21.9 Å². The Morgan fingerprint density at radius 2 is 1.83 bits per heavy atom. The van der Waals surface area contributed by atoms with Gasteiger partial charge in [0.25, 0.3) is 5.52 Å². The molecule has 6 heteroatoms. The van der Waals surface area contributed by atoms with Crippen LogP contribution in [-0.4, -0.2) is 18.7 Å². The first-order chi connectivity index (χ1) is 11.4. The number of aryl methyl sites for hydroxylation is 1. The smallest absolute Gasteiger partial charge is 0.345 e. The third kappa shape index (κ3) is 3.34. The van der Waals surface area contributed by atoms with Crippen molar-refractivity contribution in [1.82, 2.24) is 0 Å². The number of rotatable bonds is 5. The molecule has 1 aromatic heterocycles. The summed E-state index contributed by atoms with van der Waals surface area (Å²) in [5.41, 5.74) is 3.55. The fraction of sp³-hybridized carbons (Fsp3) is 0.278. The summed E-state index contributed by atoms with van der Waals surface area (Å²) in [4.78, 5) is 0. The molecule has 0 fully saturated rings. The highest BCUT2D eigenvalue weighted by Crippen LogP contribution is 2.25. The number of hydrogen-bond acceptors (Lipinski definition) is 4. The van der Waals surface area contributed by atoms with E-state index in [0.29, 0.717) is 17.9 Å². The summed E-state index contributed by atoms with van der Waals surface area (Å²) in [6.07, 6.45) is 0.525. The molecule has 0 saturated heterocycles. The average molecular weight is 345 g/mol. The molecule has 0 N–H and O–H groups in total. The normalized spacial score (nSPS) is 13.3. The number of oxazole rings is 1. The molecule has 126 valence electrons. The van der Waals surface area contributed by atoms with Crippen LogP contribution in [0.2, 0.25) is 0 Å². The summed E-state index contributed by atoms with van der Waals surface area (Å²) < 4.78 is 41.3. The van der Waals surface area contributed by atoms with E-state index in [0.717, 1.165) is 16.6 Å². The van der Waals surface area contributed by atoms with E-state index in [1.165, 1.54) is 0 Å². The maximum atomic E-state index is 11.2. The van der Waals surface area contributed by atoms with Crippen LogP contribution in [0.5, 0.6) is 0 Å². The van der Waals surface area contributed by atoms with Gasteiger partial charge in [-0.3, -0.25) is 0 Å². The van der Waals surface area contributed by atoms with E-state index in [-0.39, 0.29) is 0 Å². The Kier molecular flexibility index (Phi) is 4.43. The van der Waals surface area contributed by atoms with Gasteiger partial charge in [-0.25, -0.2) is 8.42 Å². The maximum Gasteiger partial charge on any atom is 0.345 e. The highest BCUT2D eigenvalue weighted by molar-refractivity contribution is 7.85. The summed E-state index contributed by atoms with van der Waals surface area (Å²) in [5.74, 6) is 0.143. The molecule has 3 rings (SSSR count).